The van der Waals surface area contributed by atoms with Crippen molar-refractivity contribution in [2.75, 3.05) is 39.1 Å². The average Bonchev–Trinajstić information content (AvgIpc) is 2.46. The van der Waals surface area contributed by atoms with Gasteiger partial charge in [0.15, 0.2) is 6.61 Å². The van der Waals surface area contributed by atoms with Gasteiger partial charge in [0, 0.05) is 19.3 Å². The third-order valence-electron chi connectivity index (χ3n) is 2.73. The smallest absolute Gasteiger partial charge is 0.341 e. The lowest BCUT2D eigenvalue weighted by Crippen LogP contribution is -2.33. The number of carboxylic acids is 1. The lowest BCUT2D eigenvalue weighted by Gasteiger charge is -2.18. The van der Waals surface area contributed by atoms with E-state index in [1.807, 2.05) is 7.05 Å². The first kappa shape index (κ1) is 16.8. The van der Waals surface area contributed by atoms with Crippen molar-refractivity contribution in [1.29, 1.82) is 0 Å². The van der Waals surface area contributed by atoms with E-state index in [2.05, 4.69) is 10.6 Å². The van der Waals surface area contributed by atoms with Gasteiger partial charge in [-0.1, -0.05) is 0 Å². The molecule has 0 saturated carbocycles. The van der Waals surface area contributed by atoms with Crippen LogP contribution in [0.4, 0.5) is 10.5 Å². The second-order valence-electron chi connectivity index (χ2n) is 4.52. The summed E-state index contributed by atoms with van der Waals surface area (Å²) in [6.07, 6.45) is 0.877. The zero-order chi connectivity index (χ0) is 15.7. The number of anilines is 1. The topological polar surface area (TPSA) is 90.9 Å². The van der Waals surface area contributed by atoms with Crippen molar-refractivity contribution in [2.24, 2.45) is 0 Å². The molecule has 7 heteroatoms. The van der Waals surface area contributed by atoms with Crippen molar-refractivity contribution in [1.82, 2.24) is 10.2 Å². The number of hydrogen-bond donors (Lipinski definition) is 3. The zero-order valence-corrected chi connectivity index (χ0v) is 12.3. The van der Waals surface area contributed by atoms with Gasteiger partial charge in [-0.15, -0.1) is 0 Å². The number of nitrogens with zero attached hydrogens (tertiary/aromatic N) is 1. The number of ether oxygens (including phenoxy) is 1. The largest absolute Gasteiger partial charge is 0.482 e. The number of benzene rings is 1. The molecule has 0 fully saturated rings. The number of carbonyl (C=O) groups excluding carboxylic acids is 1. The molecule has 0 aliphatic carbocycles. The molecule has 0 atom stereocenters. The van der Waals surface area contributed by atoms with E-state index in [9.17, 15) is 9.59 Å². The Kier molecular flexibility index (Phi) is 7.03. The van der Waals surface area contributed by atoms with Crippen LogP contribution in [0, 0.1) is 0 Å². The van der Waals surface area contributed by atoms with Gasteiger partial charge in [0.1, 0.15) is 5.75 Å². The Morgan fingerprint density at radius 1 is 1.29 bits per heavy atom. The standard InChI is InChI=1S/C14H21N3O4/c1-15-8-3-9-17(2)14(20)16-11-4-6-12(7-5-11)21-10-13(18)19/h4-7,15H,3,8-10H2,1-2H3,(H,16,20)(H,18,19). The maximum absolute atomic E-state index is 11.9. The van der Waals surface area contributed by atoms with Crippen molar-refractivity contribution in [3.63, 3.8) is 0 Å². The molecular formula is C14H21N3O4. The first-order chi connectivity index (χ1) is 10.0. The Labute approximate surface area is 123 Å². The van der Waals surface area contributed by atoms with Crippen molar-refractivity contribution < 1.29 is 19.4 Å². The Bertz CT molecular complexity index is 462. The maximum atomic E-state index is 11.9. The highest BCUT2D eigenvalue weighted by Crippen LogP contribution is 2.15. The van der Waals surface area contributed by atoms with E-state index < -0.39 is 5.97 Å². The fourth-order valence-electron chi connectivity index (χ4n) is 1.59. The van der Waals surface area contributed by atoms with Gasteiger partial charge < -0.3 is 25.4 Å². The molecule has 0 radical (unpaired) electrons. The molecule has 0 aromatic heterocycles. The van der Waals surface area contributed by atoms with Gasteiger partial charge in [-0.25, -0.2) is 9.59 Å². The van der Waals surface area contributed by atoms with Crippen LogP contribution < -0.4 is 15.4 Å². The number of aliphatic carboxylic acids is 1. The number of hydrogen-bond acceptors (Lipinski definition) is 4. The molecule has 21 heavy (non-hydrogen) atoms. The summed E-state index contributed by atoms with van der Waals surface area (Å²) in [4.78, 5) is 23.9. The first-order valence-corrected chi connectivity index (χ1v) is 6.64. The SMILES string of the molecule is CNCCCN(C)C(=O)Nc1ccc(OCC(=O)O)cc1. The molecule has 0 saturated heterocycles. The van der Waals surface area contributed by atoms with Crippen molar-refractivity contribution in [2.45, 2.75) is 6.42 Å². The maximum Gasteiger partial charge on any atom is 0.341 e. The van der Waals surface area contributed by atoms with Gasteiger partial charge in [0.2, 0.25) is 0 Å². The van der Waals surface area contributed by atoms with Crippen molar-refractivity contribution >= 4 is 17.7 Å². The van der Waals surface area contributed by atoms with E-state index in [4.69, 9.17) is 9.84 Å². The summed E-state index contributed by atoms with van der Waals surface area (Å²) in [5.41, 5.74) is 0.628. The van der Waals surface area contributed by atoms with Crippen LogP contribution in [0.25, 0.3) is 0 Å². The number of nitrogens with one attached hydrogen (secondary N) is 2. The van der Waals surface area contributed by atoms with Gasteiger partial charge in [-0.3, -0.25) is 0 Å². The van der Waals surface area contributed by atoms with E-state index in [-0.39, 0.29) is 12.6 Å². The van der Waals surface area contributed by atoms with Crippen LogP contribution in [0.3, 0.4) is 0 Å². The van der Waals surface area contributed by atoms with Gasteiger partial charge in [0.25, 0.3) is 0 Å². The Morgan fingerprint density at radius 2 is 1.95 bits per heavy atom. The number of urea groups is 1. The molecule has 0 bridgehead atoms. The number of amides is 2. The van der Waals surface area contributed by atoms with Crippen LogP contribution in [0.5, 0.6) is 5.75 Å². The fraction of sp³-hybridized carbons (Fsp3) is 0.429. The average molecular weight is 295 g/mol. The lowest BCUT2D eigenvalue weighted by molar-refractivity contribution is -0.139. The molecule has 0 aliphatic rings. The first-order valence-electron chi connectivity index (χ1n) is 6.64. The minimum Gasteiger partial charge on any atom is -0.482 e. The quantitative estimate of drug-likeness (QED) is 0.627. The molecule has 116 valence electrons. The number of carboxylic acid groups (broad SMARTS) is 1. The monoisotopic (exact) mass is 295 g/mol. The fourth-order valence-corrected chi connectivity index (χ4v) is 1.59. The normalized spacial score (nSPS) is 10.0. The Morgan fingerprint density at radius 3 is 2.52 bits per heavy atom. The highest BCUT2D eigenvalue weighted by molar-refractivity contribution is 5.89. The molecule has 0 spiro atoms. The molecule has 1 aromatic carbocycles. The van der Waals surface area contributed by atoms with Crippen molar-refractivity contribution in [3.8, 4) is 5.75 Å². The summed E-state index contributed by atoms with van der Waals surface area (Å²) in [7, 11) is 3.60. The van der Waals surface area contributed by atoms with E-state index in [0.29, 0.717) is 18.0 Å². The third-order valence-corrected chi connectivity index (χ3v) is 2.73. The highest BCUT2D eigenvalue weighted by atomic mass is 16.5. The molecule has 0 heterocycles. The zero-order valence-electron chi connectivity index (χ0n) is 12.3. The summed E-state index contributed by atoms with van der Waals surface area (Å²) >= 11 is 0. The Balaban J connectivity index is 2.43. The van der Waals surface area contributed by atoms with Gasteiger partial charge in [-0.2, -0.15) is 0 Å². The molecule has 0 unspecified atom stereocenters. The summed E-state index contributed by atoms with van der Waals surface area (Å²) in [5, 5.41) is 14.3. The van der Waals surface area contributed by atoms with Gasteiger partial charge >= 0.3 is 12.0 Å². The van der Waals surface area contributed by atoms with E-state index in [0.717, 1.165) is 13.0 Å². The predicted molar refractivity (Wildman–Crippen MR) is 79.8 cm³/mol. The molecule has 7 nitrogen and oxygen atoms in total. The van der Waals surface area contributed by atoms with Crippen LogP contribution in [0.2, 0.25) is 0 Å². The number of rotatable bonds is 8. The summed E-state index contributed by atoms with van der Waals surface area (Å²) < 4.78 is 5.01. The molecule has 2 amide bonds. The Hall–Kier alpha value is -2.28. The summed E-state index contributed by atoms with van der Waals surface area (Å²) in [6, 6.07) is 6.36. The predicted octanol–water partition coefficient (Wildman–Crippen LogP) is 1.22. The number of carbonyl (C=O) groups is 2. The van der Waals surface area contributed by atoms with Gasteiger partial charge in [-0.05, 0) is 44.3 Å². The minimum absolute atomic E-state index is 0.190. The third kappa shape index (κ3) is 6.62. The second kappa shape index (κ2) is 8.80. The van der Waals surface area contributed by atoms with Crippen molar-refractivity contribution in [3.05, 3.63) is 24.3 Å². The minimum atomic E-state index is -1.03. The second-order valence-corrected chi connectivity index (χ2v) is 4.52. The van der Waals surface area contributed by atoms with Crippen LogP contribution >= 0.6 is 0 Å². The molecule has 0 aliphatic heterocycles. The van der Waals surface area contributed by atoms with Crippen LogP contribution in [0.1, 0.15) is 6.42 Å². The molecule has 1 aromatic rings. The summed E-state index contributed by atoms with van der Waals surface area (Å²) in [5.74, 6) is -0.589. The molecule has 3 N–H and O–H groups in total. The van der Waals surface area contributed by atoms with Crippen LogP contribution in [-0.4, -0.2) is 55.8 Å². The molecule has 1 rings (SSSR count). The molecular weight excluding hydrogens is 274 g/mol. The lowest BCUT2D eigenvalue weighted by atomic mass is 10.3. The van der Waals surface area contributed by atoms with Crippen LogP contribution in [-0.2, 0) is 4.79 Å². The van der Waals surface area contributed by atoms with E-state index in [1.54, 1.807) is 36.2 Å². The van der Waals surface area contributed by atoms with Gasteiger partial charge in [0.05, 0.1) is 0 Å². The summed E-state index contributed by atoms with van der Waals surface area (Å²) in [6.45, 7) is 1.12. The van der Waals surface area contributed by atoms with Crippen LogP contribution in [0.15, 0.2) is 24.3 Å². The highest BCUT2D eigenvalue weighted by Gasteiger charge is 2.08. The van der Waals surface area contributed by atoms with E-state index >= 15 is 0 Å². The van der Waals surface area contributed by atoms with E-state index in [1.165, 1.54) is 0 Å².